The number of ether oxygens (including phenoxy) is 1. The van der Waals surface area contributed by atoms with E-state index in [-0.39, 0.29) is 5.75 Å². The number of halogens is 4. The molecule has 0 bridgehead atoms. The summed E-state index contributed by atoms with van der Waals surface area (Å²) in [6.45, 7) is 2.28. The van der Waals surface area contributed by atoms with Crippen LogP contribution in [0.5, 0.6) is 5.75 Å². The van der Waals surface area contributed by atoms with Gasteiger partial charge in [-0.3, -0.25) is 0 Å². The van der Waals surface area contributed by atoms with Gasteiger partial charge in [-0.25, -0.2) is 0 Å². The summed E-state index contributed by atoms with van der Waals surface area (Å²) in [6, 6.07) is 6.27. The van der Waals surface area contributed by atoms with E-state index in [0.29, 0.717) is 5.92 Å². The van der Waals surface area contributed by atoms with Gasteiger partial charge in [0, 0.05) is 0 Å². The van der Waals surface area contributed by atoms with Crippen LogP contribution in [-0.2, 0) is 0 Å². The number of alkyl halides is 4. The minimum absolute atomic E-state index is 0.215. The molecule has 5 heteroatoms. The standard InChI is InChI=1S/C26H38F4O/c1-2-3-5-20-6-4-7-21(18-20)9-8-19-10-12-22(13-11-19)23-14-16-24(17-15-23)31-26(29,30)25(27)28/h14-17,19-22,25H,2-13,18H2,1H3. The summed E-state index contributed by atoms with van der Waals surface area (Å²) in [4.78, 5) is 0. The average molecular weight is 443 g/mol. The molecule has 2 atom stereocenters. The Morgan fingerprint density at radius 1 is 0.871 bits per heavy atom. The summed E-state index contributed by atoms with van der Waals surface area (Å²) in [6.07, 6.45) is 8.90. The Morgan fingerprint density at radius 2 is 1.48 bits per heavy atom. The predicted octanol–water partition coefficient (Wildman–Crippen LogP) is 8.97. The summed E-state index contributed by atoms with van der Waals surface area (Å²) in [5.74, 6) is 2.90. The van der Waals surface area contributed by atoms with Crippen LogP contribution in [0.1, 0.15) is 102 Å². The van der Waals surface area contributed by atoms with Crippen molar-refractivity contribution in [1.29, 1.82) is 0 Å². The molecule has 1 aromatic rings. The fourth-order valence-corrected chi connectivity index (χ4v) is 5.69. The van der Waals surface area contributed by atoms with Gasteiger partial charge in [-0.15, -0.1) is 0 Å². The highest BCUT2D eigenvalue weighted by Crippen LogP contribution is 2.41. The fraction of sp³-hybridized carbons (Fsp3) is 0.769. The topological polar surface area (TPSA) is 9.23 Å². The van der Waals surface area contributed by atoms with Gasteiger partial charge in [0.1, 0.15) is 5.75 Å². The van der Waals surface area contributed by atoms with Crippen molar-refractivity contribution in [2.45, 2.75) is 109 Å². The first-order valence-electron chi connectivity index (χ1n) is 12.3. The largest absolute Gasteiger partial charge is 0.461 e. The van der Waals surface area contributed by atoms with Crippen molar-refractivity contribution < 1.29 is 22.3 Å². The molecular weight excluding hydrogens is 404 g/mol. The van der Waals surface area contributed by atoms with Gasteiger partial charge in [0.2, 0.25) is 0 Å². The average Bonchev–Trinajstić information content (AvgIpc) is 2.77. The van der Waals surface area contributed by atoms with Crippen LogP contribution in [0.4, 0.5) is 17.6 Å². The highest BCUT2D eigenvalue weighted by atomic mass is 19.3. The highest BCUT2D eigenvalue weighted by Gasteiger charge is 2.44. The Hall–Kier alpha value is -1.26. The quantitative estimate of drug-likeness (QED) is 0.329. The molecular formula is C26H38F4O. The Bertz CT molecular complexity index is 637. The van der Waals surface area contributed by atoms with E-state index < -0.39 is 12.5 Å². The van der Waals surface area contributed by atoms with Gasteiger partial charge in [-0.05, 0) is 73.5 Å². The molecule has 2 saturated carbocycles. The molecule has 2 aliphatic rings. The monoisotopic (exact) mass is 442 g/mol. The molecule has 1 aromatic carbocycles. The summed E-state index contributed by atoms with van der Waals surface area (Å²) in [5.41, 5.74) is 1.09. The molecule has 0 amide bonds. The second-order valence-corrected chi connectivity index (χ2v) is 9.87. The third kappa shape index (κ3) is 7.39. The van der Waals surface area contributed by atoms with Crippen LogP contribution in [0.25, 0.3) is 0 Å². The van der Waals surface area contributed by atoms with Crippen molar-refractivity contribution in [3.8, 4) is 5.75 Å². The van der Waals surface area contributed by atoms with E-state index in [1.165, 1.54) is 82.8 Å². The summed E-state index contributed by atoms with van der Waals surface area (Å²) in [7, 11) is 0. The molecule has 176 valence electrons. The van der Waals surface area contributed by atoms with Gasteiger partial charge in [-0.2, -0.15) is 17.6 Å². The molecule has 0 saturated heterocycles. The first-order valence-corrected chi connectivity index (χ1v) is 12.3. The van der Waals surface area contributed by atoms with E-state index in [4.69, 9.17) is 0 Å². The van der Waals surface area contributed by atoms with Crippen molar-refractivity contribution in [2.24, 2.45) is 17.8 Å². The van der Waals surface area contributed by atoms with Crippen LogP contribution in [0.15, 0.2) is 24.3 Å². The number of hydrogen-bond acceptors (Lipinski definition) is 1. The van der Waals surface area contributed by atoms with Crippen LogP contribution in [-0.4, -0.2) is 12.5 Å². The normalized spacial score (nSPS) is 27.4. The van der Waals surface area contributed by atoms with E-state index in [2.05, 4.69) is 11.7 Å². The number of unbranched alkanes of at least 4 members (excludes halogenated alkanes) is 1. The van der Waals surface area contributed by atoms with Crippen molar-refractivity contribution in [3.05, 3.63) is 29.8 Å². The lowest BCUT2D eigenvalue weighted by Gasteiger charge is -2.32. The minimum Gasteiger partial charge on any atom is -0.428 e. The molecule has 0 spiro atoms. The molecule has 0 aliphatic heterocycles. The van der Waals surface area contributed by atoms with Gasteiger partial charge in [0.05, 0.1) is 0 Å². The third-order valence-electron chi connectivity index (χ3n) is 7.55. The van der Waals surface area contributed by atoms with E-state index in [1.807, 2.05) is 0 Å². The third-order valence-corrected chi connectivity index (χ3v) is 7.55. The first kappa shape index (κ1) is 24.4. The zero-order valence-electron chi connectivity index (χ0n) is 18.8. The van der Waals surface area contributed by atoms with Crippen LogP contribution in [0.3, 0.4) is 0 Å². The second kappa shape index (κ2) is 11.6. The van der Waals surface area contributed by atoms with E-state index >= 15 is 0 Å². The molecule has 3 rings (SSSR count). The van der Waals surface area contributed by atoms with Crippen LogP contribution < -0.4 is 4.74 Å². The predicted molar refractivity (Wildman–Crippen MR) is 117 cm³/mol. The molecule has 0 heterocycles. The van der Waals surface area contributed by atoms with Gasteiger partial charge in [-0.1, -0.05) is 70.4 Å². The number of rotatable bonds is 10. The molecule has 1 nitrogen and oxygen atoms in total. The highest BCUT2D eigenvalue weighted by molar-refractivity contribution is 5.30. The smallest absolute Gasteiger partial charge is 0.428 e. The molecule has 0 aromatic heterocycles. The fourth-order valence-electron chi connectivity index (χ4n) is 5.69. The van der Waals surface area contributed by atoms with E-state index in [1.54, 1.807) is 12.1 Å². The van der Waals surface area contributed by atoms with Gasteiger partial charge in [0.15, 0.2) is 0 Å². The molecule has 2 fully saturated rings. The van der Waals surface area contributed by atoms with Crippen LogP contribution >= 0.6 is 0 Å². The van der Waals surface area contributed by atoms with E-state index in [9.17, 15) is 17.6 Å². The van der Waals surface area contributed by atoms with Gasteiger partial charge in [0.25, 0.3) is 0 Å². The maximum Gasteiger partial charge on any atom is 0.461 e. The lowest BCUT2D eigenvalue weighted by molar-refractivity contribution is -0.253. The van der Waals surface area contributed by atoms with Crippen LogP contribution in [0, 0.1) is 17.8 Å². The minimum atomic E-state index is -4.45. The van der Waals surface area contributed by atoms with Crippen molar-refractivity contribution >= 4 is 0 Å². The number of hydrogen-bond donors (Lipinski definition) is 0. The summed E-state index contributed by atoms with van der Waals surface area (Å²) in [5, 5.41) is 0. The van der Waals surface area contributed by atoms with Crippen LogP contribution in [0.2, 0.25) is 0 Å². The molecule has 0 radical (unpaired) electrons. The lowest BCUT2D eigenvalue weighted by Crippen LogP contribution is -2.33. The van der Waals surface area contributed by atoms with Gasteiger partial charge < -0.3 is 4.74 Å². The second-order valence-electron chi connectivity index (χ2n) is 9.87. The lowest BCUT2D eigenvalue weighted by atomic mass is 9.73. The summed E-state index contributed by atoms with van der Waals surface area (Å²) >= 11 is 0. The van der Waals surface area contributed by atoms with Crippen molar-refractivity contribution in [1.82, 2.24) is 0 Å². The first-order chi connectivity index (χ1) is 14.9. The zero-order valence-corrected chi connectivity index (χ0v) is 18.8. The van der Waals surface area contributed by atoms with E-state index in [0.717, 1.165) is 36.2 Å². The molecule has 2 unspecified atom stereocenters. The molecule has 0 N–H and O–H groups in total. The molecule has 31 heavy (non-hydrogen) atoms. The van der Waals surface area contributed by atoms with Gasteiger partial charge >= 0.3 is 12.5 Å². The Morgan fingerprint density at radius 3 is 2.10 bits per heavy atom. The zero-order chi connectivity index (χ0) is 22.3. The summed E-state index contributed by atoms with van der Waals surface area (Å²) < 4.78 is 54.8. The SMILES string of the molecule is CCCCC1CCCC(CCC2CCC(c3ccc(OC(F)(F)C(F)F)cc3)CC2)C1. The molecule has 2 aliphatic carbocycles. The van der Waals surface area contributed by atoms with Crippen molar-refractivity contribution in [2.75, 3.05) is 0 Å². The number of benzene rings is 1. The maximum atomic E-state index is 13.0. The Kier molecular flexibility index (Phi) is 9.09. The maximum absolute atomic E-state index is 13.0. The Balaban J connectivity index is 1.39. The van der Waals surface area contributed by atoms with Crippen molar-refractivity contribution in [3.63, 3.8) is 0 Å². The Labute approximate surface area is 184 Å².